The van der Waals surface area contributed by atoms with Gasteiger partial charge in [-0.05, 0) is 74.7 Å². The number of allylic oxidation sites excluding steroid dienone is 4. The van der Waals surface area contributed by atoms with E-state index in [4.69, 9.17) is 0 Å². The molecule has 1 aromatic carbocycles. The summed E-state index contributed by atoms with van der Waals surface area (Å²) in [6, 6.07) is 8.68. The SMILES string of the molecule is CN1CCCN(Cc2ccc(C3=CC=C(C(=O)N4CCCC4)C=CC3)c(C#N)c2)CC1. The first kappa shape index (κ1) is 21.5. The number of hydrogen-bond donors (Lipinski definition) is 0. The van der Waals surface area contributed by atoms with Crippen molar-refractivity contribution in [3.63, 3.8) is 0 Å². The summed E-state index contributed by atoms with van der Waals surface area (Å²) >= 11 is 0. The second-order valence-electron chi connectivity index (χ2n) is 8.84. The fourth-order valence-electron chi connectivity index (χ4n) is 4.65. The molecule has 31 heavy (non-hydrogen) atoms. The van der Waals surface area contributed by atoms with E-state index in [1.165, 1.54) is 12.0 Å². The van der Waals surface area contributed by atoms with Gasteiger partial charge in [0, 0.05) is 38.3 Å². The molecule has 0 saturated carbocycles. The number of amides is 1. The Kier molecular flexibility index (Phi) is 7.01. The molecule has 5 heteroatoms. The molecule has 3 aliphatic rings. The number of benzene rings is 1. The van der Waals surface area contributed by atoms with Crippen molar-refractivity contribution in [1.82, 2.24) is 14.7 Å². The molecule has 0 unspecified atom stereocenters. The van der Waals surface area contributed by atoms with Crippen molar-refractivity contribution in [2.24, 2.45) is 0 Å². The van der Waals surface area contributed by atoms with Gasteiger partial charge in [-0.25, -0.2) is 0 Å². The molecule has 5 nitrogen and oxygen atoms in total. The summed E-state index contributed by atoms with van der Waals surface area (Å²) < 4.78 is 0. The van der Waals surface area contributed by atoms with E-state index in [0.29, 0.717) is 5.56 Å². The molecular weight excluding hydrogens is 384 g/mol. The minimum Gasteiger partial charge on any atom is -0.339 e. The quantitative estimate of drug-likeness (QED) is 0.753. The van der Waals surface area contributed by atoms with Crippen LogP contribution in [0.1, 0.15) is 42.4 Å². The van der Waals surface area contributed by atoms with Gasteiger partial charge in [0.05, 0.1) is 11.6 Å². The van der Waals surface area contributed by atoms with Crippen LogP contribution in [0, 0.1) is 11.3 Å². The van der Waals surface area contributed by atoms with Gasteiger partial charge in [-0.1, -0.05) is 30.4 Å². The first-order valence-electron chi connectivity index (χ1n) is 11.4. The monoisotopic (exact) mass is 416 g/mol. The van der Waals surface area contributed by atoms with Gasteiger partial charge in [-0.15, -0.1) is 0 Å². The van der Waals surface area contributed by atoms with Gasteiger partial charge in [0.1, 0.15) is 0 Å². The van der Waals surface area contributed by atoms with Crippen LogP contribution >= 0.6 is 0 Å². The number of hydrogen-bond acceptors (Lipinski definition) is 4. The molecule has 1 amide bonds. The molecular formula is C26H32N4O. The summed E-state index contributed by atoms with van der Waals surface area (Å²) in [6.07, 6.45) is 12.0. The second-order valence-corrected chi connectivity index (χ2v) is 8.84. The Morgan fingerprint density at radius 1 is 1.03 bits per heavy atom. The first-order valence-corrected chi connectivity index (χ1v) is 11.4. The van der Waals surface area contributed by atoms with Gasteiger partial charge in [0.15, 0.2) is 0 Å². The van der Waals surface area contributed by atoms with Crippen LogP contribution in [-0.4, -0.2) is 66.9 Å². The minimum atomic E-state index is 0.116. The number of carbonyl (C=O) groups is 1. The maximum atomic E-state index is 12.7. The molecule has 0 atom stereocenters. The van der Waals surface area contributed by atoms with Crippen LogP contribution in [0.15, 0.2) is 48.1 Å². The normalized spacial score (nSPS) is 20.6. The third-order valence-corrected chi connectivity index (χ3v) is 6.51. The Morgan fingerprint density at radius 2 is 1.87 bits per heavy atom. The third-order valence-electron chi connectivity index (χ3n) is 6.51. The van der Waals surface area contributed by atoms with Crippen LogP contribution < -0.4 is 0 Å². The lowest BCUT2D eigenvalue weighted by molar-refractivity contribution is -0.125. The van der Waals surface area contributed by atoms with Gasteiger partial charge in [-0.3, -0.25) is 9.69 Å². The zero-order chi connectivity index (χ0) is 21.6. The van der Waals surface area contributed by atoms with E-state index in [9.17, 15) is 10.1 Å². The summed E-state index contributed by atoms with van der Waals surface area (Å²) in [5.74, 6) is 0.116. The predicted molar refractivity (Wildman–Crippen MR) is 124 cm³/mol. The van der Waals surface area contributed by atoms with Gasteiger partial charge >= 0.3 is 0 Å². The number of carbonyl (C=O) groups excluding carboxylic acids is 1. The molecule has 0 spiro atoms. The van der Waals surface area contributed by atoms with Crippen molar-refractivity contribution < 1.29 is 4.79 Å². The Morgan fingerprint density at radius 3 is 2.68 bits per heavy atom. The number of nitrogens with zero attached hydrogens (tertiary/aromatic N) is 4. The van der Waals surface area contributed by atoms with Crippen LogP contribution in [0.5, 0.6) is 0 Å². The second kappa shape index (κ2) is 10.1. The molecule has 2 saturated heterocycles. The summed E-state index contributed by atoms with van der Waals surface area (Å²) in [7, 11) is 2.18. The number of likely N-dealkylation sites (N-methyl/N-ethyl adjacent to an activating group) is 1. The number of likely N-dealkylation sites (tertiary alicyclic amines) is 1. The highest BCUT2D eigenvalue weighted by atomic mass is 16.2. The Bertz CT molecular complexity index is 947. The average molecular weight is 417 g/mol. The molecule has 0 aromatic heterocycles. The van der Waals surface area contributed by atoms with Crippen molar-refractivity contribution in [2.45, 2.75) is 32.2 Å². The molecule has 1 aromatic rings. The van der Waals surface area contributed by atoms with E-state index < -0.39 is 0 Å². The van der Waals surface area contributed by atoms with Crippen LogP contribution in [0.25, 0.3) is 5.57 Å². The van der Waals surface area contributed by atoms with E-state index in [1.807, 2.05) is 35.3 Å². The summed E-state index contributed by atoms with van der Waals surface area (Å²) in [4.78, 5) is 19.5. The minimum absolute atomic E-state index is 0.116. The maximum Gasteiger partial charge on any atom is 0.253 e. The summed E-state index contributed by atoms with van der Waals surface area (Å²) in [5, 5.41) is 9.82. The van der Waals surface area contributed by atoms with Gasteiger partial charge in [0.25, 0.3) is 5.91 Å². The van der Waals surface area contributed by atoms with E-state index in [-0.39, 0.29) is 5.91 Å². The molecule has 1 aliphatic carbocycles. The lowest BCUT2D eigenvalue weighted by Gasteiger charge is -2.20. The number of nitriles is 1. The van der Waals surface area contributed by atoms with Crippen LogP contribution in [0.3, 0.4) is 0 Å². The Balaban J connectivity index is 1.50. The van der Waals surface area contributed by atoms with E-state index in [1.54, 1.807) is 0 Å². The first-order chi connectivity index (χ1) is 15.1. The van der Waals surface area contributed by atoms with Crippen LogP contribution in [0.2, 0.25) is 0 Å². The largest absolute Gasteiger partial charge is 0.339 e. The standard InChI is InChI=1S/C26H32N4O/c1-28-12-5-13-29(17-16-28)20-21-8-11-25(24(18-21)19-27)22-6-4-7-23(10-9-22)26(31)30-14-2-3-15-30/h4,7-11,18H,2-3,5-6,12-17,20H2,1H3. The highest BCUT2D eigenvalue weighted by Crippen LogP contribution is 2.27. The molecule has 0 bridgehead atoms. The lowest BCUT2D eigenvalue weighted by atomic mass is 9.95. The van der Waals surface area contributed by atoms with E-state index in [2.05, 4.69) is 35.0 Å². The fourth-order valence-corrected chi connectivity index (χ4v) is 4.65. The van der Waals surface area contributed by atoms with Gasteiger partial charge in [-0.2, -0.15) is 5.26 Å². The Labute approximate surface area is 185 Å². The zero-order valence-corrected chi connectivity index (χ0v) is 18.5. The van der Waals surface area contributed by atoms with Crippen molar-refractivity contribution in [3.8, 4) is 6.07 Å². The molecule has 162 valence electrons. The topological polar surface area (TPSA) is 50.6 Å². The van der Waals surface area contributed by atoms with Crippen molar-refractivity contribution in [3.05, 3.63) is 64.8 Å². The lowest BCUT2D eigenvalue weighted by Crippen LogP contribution is -2.28. The van der Waals surface area contributed by atoms with E-state index >= 15 is 0 Å². The average Bonchev–Trinajstić information content (AvgIpc) is 3.11. The van der Waals surface area contributed by atoms with Crippen molar-refractivity contribution in [2.75, 3.05) is 46.3 Å². The van der Waals surface area contributed by atoms with Crippen molar-refractivity contribution in [1.29, 1.82) is 5.26 Å². The fraction of sp³-hybridized carbons (Fsp3) is 0.462. The summed E-state index contributed by atoms with van der Waals surface area (Å²) in [5.41, 5.74) is 4.69. The Hall–Kier alpha value is -2.68. The molecule has 0 radical (unpaired) electrons. The van der Waals surface area contributed by atoms with Gasteiger partial charge < -0.3 is 9.80 Å². The molecule has 2 aliphatic heterocycles. The molecule has 0 N–H and O–H groups in total. The van der Waals surface area contributed by atoms with Crippen LogP contribution in [-0.2, 0) is 11.3 Å². The third kappa shape index (κ3) is 5.33. The summed E-state index contributed by atoms with van der Waals surface area (Å²) in [6.45, 7) is 7.00. The van der Waals surface area contributed by atoms with Gasteiger partial charge in [0.2, 0.25) is 0 Å². The molecule has 4 rings (SSSR count). The van der Waals surface area contributed by atoms with Crippen molar-refractivity contribution >= 4 is 11.5 Å². The maximum absolute atomic E-state index is 12.7. The number of rotatable bonds is 4. The van der Waals surface area contributed by atoms with E-state index in [0.717, 1.165) is 81.8 Å². The smallest absolute Gasteiger partial charge is 0.253 e. The van der Waals surface area contributed by atoms with Crippen LogP contribution in [0.4, 0.5) is 0 Å². The highest BCUT2D eigenvalue weighted by molar-refractivity contribution is 5.97. The zero-order valence-electron chi connectivity index (χ0n) is 18.5. The highest BCUT2D eigenvalue weighted by Gasteiger charge is 2.21. The molecule has 2 fully saturated rings. The molecule has 2 heterocycles. The predicted octanol–water partition coefficient (Wildman–Crippen LogP) is 3.59.